The molecule has 0 aromatic rings. The summed E-state index contributed by atoms with van der Waals surface area (Å²) in [5.74, 6) is 1.45. The van der Waals surface area contributed by atoms with Gasteiger partial charge in [-0.15, -0.1) is 0 Å². The normalized spacial score (nSPS) is 16.6. The molecule has 82 valence electrons. The lowest BCUT2D eigenvalue weighted by Crippen LogP contribution is -1.90. The molecule has 0 saturated heterocycles. The van der Waals surface area contributed by atoms with E-state index in [9.17, 15) is 0 Å². The van der Waals surface area contributed by atoms with E-state index in [1.54, 1.807) is 0 Å². The summed E-state index contributed by atoms with van der Waals surface area (Å²) in [4.78, 5) is 0. The molecule has 14 heavy (non-hydrogen) atoms. The molecule has 0 aromatic heterocycles. The van der Waals surface area contributed by atoms with E-state index in [1.165, 1.54) is 25.7 Å². The van der Waals surface area contributed by atoms with E-state index in [4.69, 9.17) is 0 Å². The van der Waals surface area contributed by atoms with Crippen molar-refractivity contribution in [2.75, 3.05) is 0 Å². The van der Waals surface area contributed by atoms with Gasteiger partial charge in [0.25, 0.3) is 0 Å². The minimum atomic E-state index is 0.689. The Hall–Kier alpha value is -0.520. The van der Waals surface area contributed by atoms with Crippen LogP contribution < -0.4 is 0 Å². The predicted octanol–water partition coefficient (Wildman–Crippen LogP) is 4.97. The Morgan fingerprint density at radius 1 is 1.07 bits per heavy atom. The summed E-state index contributed by atoms with van der Waals surface area (Å²) in [6.45, 7) is 8.92. The third kappa shape index (κ3) is 8.10. The summed E-state index contributed by atoms with van der Waals surface area (Å²) in [7, 11) is 0. The molecule has 0 heteroatoms. The molecule has 0 aromatic carbocycles. The lowest BCUT2D eigenvalue weighted by molar-refractivity contribution is 0.594. The second-order valence-corrected chi connectivity index (χ2v) is 4.29. The van der Waals surface area contributed by atoms with Crippen LogP contribution in [-0.4, -0.2) is 0 Å². The highest BCUT2D eigenvalue weighted by molar-refractivity contribution is 4.92. The summed E-state index contributed by atoms with van der Waals surface area (Å²) in [5, 5.41) is 0. The van der Waals surface area contributed by atoms with Crippen LogP contribution in [-0.2, 0) is 0 Å². The van der Waals surface area contributed by atoms with Crippen LogP contribution in [0.15, 0.2) is 24.3 Å². The molecule has 0 aliphatic rings. The van der Waals surface area contributed by atoms with E-state index in [0.717, 1.165) is 5.92 Å². The number of hydrogen-bond donors (Lipinski definition) is 0. The first-order chi connectivity index (χ1) is 6.70. The summed E-state index contributed by atoms with van der Waals surface area (Å²) < 4.78 is 0. The maximum atomic E-state index is 2.37. The van der Waals surface area contributed by atoms with E-state index in [2.05, 4.69) is 52.0 Å². The summed E-state index contributed by atoms with van der Waals surface area (Å²) >= 11 is 0. The first-order valence-electron chi connectivity index (χ1n) is 6.00. The van der Waals surface area contributed by atoms with Crippen LogP contribution in [0.4, 0.5) is 0 Å². The lowest BCUT2D eigenvalue weighted by Gasteiger charge is -2.05. The van der Waals surface area contributed by atoms with Crippen LogP contribution in [0.3, 0.4) is 0 Å². The molecule has 2 atom stereocenters. The van der Waals surface area contributed by atoms with E-state index < -0.39 is 0 Å². The average Bonchev–Trinajstić information content (AvgIpc) is 2.15. The van der Waals surface area contributed by atoms with Crippen molar-refractivity contribution in [2.24, 2.45) is 11.8 Å². The average molecular weight is 194 g/mol. The van der Waals surface area contributed by atoms with E-state index >= 15 is 0 Å². The predicted molar refractivity (Wildman–Crippen MR) is 66.4 cm³/mol. The molecular formula is C14H26. The molecule has 0 nitrogen and oxygen atoms in total. The lowest BCUT2D eigenvalue weighted by atomic mass is 10.0. The van der Waals surface area contributed by atoms with Gasteiger partial charge in [0.05, 0.1) is 0 Å². The second-order valence-electron chi connectivity index (χ2n) is 4.29. The molecular weight excluding hydrogens is 168 g/mol. The van der Waals surface area contributed by atoms with Crippen molar-refractivity contribution in [1.29, 1.82) is 0 Å². The van der Waals surface area contributed by atoms with Gasteiger partial charge in [-0.3, -0.25) is 0 Å². The topological polar surface area (TPSA) is 0 Å². The van der Waals surface area contributed by atoms with E-state index in [0.29, 0.717) is 5.92 Å². The van der Waals surface area contributed by atoms with Crippen LogP contribution in [0.25, 0.3) is 0 Å². The molecule has 0 aliphatic carbocycles. The van der Waals surface area contributed by atoms with Crippen LogP contribution in [0.2, 0.25) is 0 Å². The van der Waals surface area contributed by atoms with Crippen molar-refractivity contribution in [2.45, 2.75) is 53.4 Å². The monoisotopic (exact) mass is 194 g/mol. The van der Waals surface area contributed by atoms with Crippen molar-refractivity contribution in [3.8, 4) is 0 Å². The highest BCUT2D eigenvalue weighted by Gasteiger charge is 1.96. The van der Waals surface area contributed by atoms with Gasteiger partial charge in [0.15, 0.2) is 0 Å². The Morgan fingerprint density at radius 3 is 2.36 bits per heavy atom. The Labute approximate surface area is 90.1 Å². The number of rotatable bonds is 7. The molecule has 0 bridgehead atoms. The Morgan fingerprint density at radius 2 is 1.79 bits per heavy atom. The zero-order valence-electron chi connectivity index (χ0n) is 10.3. The third-order valence-electron chi connectivity index (χ3n) is 2.51. The van der Waals surface area contributed by atoms with Crippen LogP contribution in [0.5, 0.6) is 0 Å². The Bertz CT molecular complexity index is 165. The van der Waals surface area contributed by atoms with Crippen molar-refractivity contribution in [3.63, 3.8) is 0 Å². The van der Waals surface area contributed by atoms with Gasteiger partial charge in [-0.2, -0.15) is 0 Å². The number of unbranched alkanes of at least 4 members (excludes halogenated alkanes) is 1. The van der Waals surface area contributed by atoms with Crippen molar-refractivity contribution in [1.82, 2.24) is 0 Å². The van der Waals surface area contributed by atoms with Gasteiger partial charge in [-0.1, -0.05) is 57.9 Å². The minimum absolute atomic E-state index is 0.689. The van der Waals surface area contributed by atoms with Gasteiger partial charge in [0, 0.05) is 0 Å². The van der Waals surface area contributed by atoms with E-state index in [1.807, 2.05) is 0 Å². The molecule has 0 spiro atoms. The van der Waals surface area contributed by atoms with Gasteiger partial charge >= 0.3 is 0 Å². The molecule has 0 N–H and O–H groups in total. The highest BCUT2D eigenvalue weighted by Crippen LogP contribution is 2.11. The smallest absolute Gasteiger partial charge is 0.0227 e. The van der Waals surface area contributed by atoms with Gasteiger partial charge in [-0.05, 0) is 31.6 Å². The summed E-state index contributed by atoms with van der Waals surface area (Å²) in [6, 6.07) is 0. The largest absolute Gasteiger partial charge is 0.0914 e. The zero-order chi connectivity index (χ0) is 10.8. The molecule has 0 aliphatic heterocycles. The quantitative estimate of drug-likeness (QED) is 0.502. The molecule has 0 heterocycles. The summed E-state index contributed by atoms with van der Waals surface area (Å²) in [5.41, 5.74) is 0. The Kier molecular flexibility index (Phi) is 8.72. The van der Waals surface area contributed by atoms with Gasteiger partial charge in [0.1, 0.15) is 0 Å². The molecule has 0 amide bonds. The van der Waals surface area contributed by atoms with Crippen molar-refractivity contribution >= 4 is 0 Å². The van der Waals surface area contributed by atoms with Crippen molar-refractivity contribution in [3.05, 3.63) is 24.3 Å². The minimum Gasteiger partial charge on any atom is -0.0914 e. The maximum absolute atomic E-state index is 2.37. The van der Waals surface area contributed by atoms with Crippen LogP contribution >= 0.6 is 0 Å². The first kappa shape index (κ1) is 13.5. The first-order valence-corrected chi connectivity index (χ1v) is 6.00. The fourth-order valence-corrected chi connectivity index (χ4v) is 1.55. The highest BCUT2D eigenvalue weighted by atomic mass is 14.0. The summed E-state index contributed by atoms with van der Waals surface area (Å²) in [6.07, 6.45) is 14.3. The fraction of sp³-hybridized carbons (Fsp3) is 0.714. The molecule has 0 saturated carbocycles. The van der Waals surface area contributed by atoms with Gasteiger partial charge in [0.2, 0.25) is 0 Å². The Balaban J connectivity index is 3.59. The molecule has 0 rings (SSSR count). The standard InChI is InChI=1S/C14H26/c1-5-7-10-14(4)12-8-11-13(3)9-6-2/h6,8-9,12-14H,5,7,10-11H2,1-4H3. The van der Waals surface area contributed by atoms with Gasteiger partial charge < -0.3 is 0 Å². The second kappa shape index (κ2) is 9.05. The van der Waals surface area contributed by atoms with Crippen LogP contribution in [0, 0.1) is 11.8 Å². The van der Waals surface area contributed by atoms with Crippen molar-refractivity contribution < 1.29 is 0 Å². The molecule has 2 unspecified atom stereocenters. The van der Waals surface area contributed by atoms with Gasteiger partial charge in [-0.25, -0.2) is 0 Å². The molecule has 0 fully saturated rings. The molecule has 0 radical (unpaired) electrons. The van der Waals surface area contributed by atoms with Crippen LogP contribution in [0.1, 0.15) is 53.4 Å². The maximum Gasteiger partial charge on any atom is -0.0227 e. The number of allylic oxidation sites excluding steroid dienone is 4. The third-order valence-corrected chi connectivity index (χ3v) is 2.51. The fourth-order valence-electron chi connectivity index (χ4n) is 1.55. The zero-order valence-corrected chi connectivity index (χ0v) is 10.3. The number of hydrogen-bond acceptors (Lipinski definition) is 0. The SMILES string of the molecule is CC=CC(C)CC=CC(C)CCCC. The van der Waals surface area contributed by atoms with E-state index in [-0.39, 0.29) is 0 Å².